The van der Waals surface area contributed by atoms with Crippen LogP contribution in [-0.2, 0) is 11.2 Å². The summed E-state index contributed by atoms with van der Waals surface area (Å²) >= 11 is 0. The van der Waals surface area contributed by atoms with E-state index in [4.69, 9.17) is 21.2 Å². The lowest BCUT2D eigenvalue weighted by Gasteiger charge is -2.25. The van der Waals surface area contributed by atoms with Gasteiger partial charge in [-0.25, -0.2) is 14.4 Å². The molecule has 1 saturated heterocycles. The second-order valence-electron chi connectivity index (χ2n) is 9.04. The Morgan fingerprint density at radius 1 is 1.29 bits per heavy atom. The summed E-state index contributed by atoms with van der Waals surface area (Å²) < 4.78 is 20.4. The molecule has 2 aromatic heterocycles. The minimum Gasteiger partial charge on any atom is -0.421 e. The fourth-order valence-electron chi connectivity index (χ4n) is 5.38. The fraction of sp³-hybridized carbons (Fsp3) is 0.348. The maximum Gasteiger partial charge on any atom is 0.324 e. The van der Waals surface area contributed by atoms with E-state index in [0.717, 1.165) is 16.7 Å². The molecule has 1 saturated carbocycles. The quantitative estimate of drug-likeness (QED) is 0.400. The van der Waals surface area contributed by atoms with Gasteiger partial charge in [-0.15, -0.1) is 0 Å². The van der Waals surface area contributed by atoms with Crippen LogP contribution in [0.25, 0.3) is 11.1 Å². The molecule has 3 heterocycles. The number of benzene rings is 1. The van der Waals surface area contributed by atoms with Gasteiger partial charge < -0.3 is 26.4 Å². The van der Waals surface area contributed by atoms with E-state index < -0.39 is 11.3 Å². The lowest BCUT2D eigenvalue weighted by atomic mass is 10.0. The minimum atomic E-state index is -0.775. The maximum absolute atomic E-state index is 14.5. The fourth-order valence-corrected chi connectivity index (χ4v) is 5.38. The third-order valence-corrected chi connectivity index (χ3v) is 7.22. The summed E-state index contributed by atoms with van der Waals surface area (Å²) in [7, 11) is 1.75. The SMILES string of the molecule is CNc1cc(F)cc2c1Cc1nc(Oc3cnc(C)nc3)nc(N3CC4[C@@H](N)[C@@]4(C(N)=O)C3)c1-2. The van der Waals surface area contributed by atoms with Gasteiger partial charge in [-0.1, -0.05) is 0 Å². The second-order valence-corrected chi connectivity index (χ2v) is 9.04. The number of piperidine rings is 1. The Kier molecular flexibility index (Phi) is 4.31. The van der Waals surface area contributed by atoms with Gasteiger partial charge in [0.25, 0.3) is 0 Å². The molecule has 6 rings (SSSR count). The molecule has 0 bridgehead atoms. The number of rotatable bonds is 5. The Balaban J connectivity index is 1.47. The van der Waals surface area contributed by atoms with E-state index in [1.54, 1.807) is 26.4 Å². The van der Waals surface area contributed by atoms with Crippen molar-refractivity contribution in [2.24, 2.45) is 22.8 Å². The highest BCUT2D eigenvalue weighted by Crippen LogP contribution is 2.58. The molecule has 2 fully saturated rings. The van der Waals surface area contributed by atoms with Crippen LogP contribution in [0.2, 0.25) is 0 Å². The van der Waals surface area contributed by atoms with Crippen LogP contribution in [0.3, 0.4) is 0 Å². The number of hydrogen-bond acceptors (Lipinski definition) is 9. The van der Waals surface area contributed by atoms with Gasteiger partial charge in [-0.05, 0) is 30.2 Å². The summed E-state index contributed by atoms with van der Waals surface area (Å²) in [6.07, 6.45) is 3.58. The number of aryl methyl sites for hydroxylation is 1. The molecular weight excluding hydrogens is 439 g/mol. The van der Waals surface area contributed by atoms with Crippen molar-refractivity contribution in [1.82, 2.24) is 19.9 Å². The van der Waals surface area contributed by atoms with Gasteiger partial charge in [0.1, 0.15) is 17.5 Å². The zero-order valence-electron chi connectivity index (χ0n) is 18.7. The maximum atomic E-state index is 14.5. The van der Waals surface area contributed by atoms with Crippen molar-refractivity contribution in [1.29, 1.82) is 0 Å². The number of nitrogens with two attached hydrogens (primary N) is 2. The van der Waals surface area contributed by atoms with Crippen molar-refractivity contribution < 1.29 is 13.9 Å². The Labute approximate surface area is 194 Å². The van der Waals surface area contributed by atoms with Gasteiger partial charge in [0.2, 0.25) is 5.91 Å². The smallest absolute Gasteiger partial charge is 0.324 e. The summed E-state index contributed by atoms with van der Waals surface area (Å²) in [5.74, 6) is 0.763. The number of fused-ring (bicyclic) bond motifs is 4. The van der Waals surface area contributed by atoms with Crippen LogP contribution in [0.1, 0.15) is 17.1 Å². The van der Waals surface area contributed by atoms with Crippen molar-refractivity contribution in [2.75, 3.05) is 30.4 Å². The number of aromatic nitrogens is 4. The number of carbonyl (C=O) groups excluding carboxylic acids is 1. The largest absolute Gasteiger partial charge is 0.421 e. The van der Waals surface area contributed by atoms with Gasteiger partial charge in [0.15, 0.2) is 5.75 Å². The molecule has 5 N–H and O–H groups in total. The number of primary amides is 1. The standard InChI is InChI=1S/C23H23FN8O2/c1-10-28-6-12(7-29-10)34-22-30-17-5-13-14(3-11(24)4-16(13)27-2)18(17)20(31-22)32-8-15-19(25)23(15,9-32)21(26)33/h3-4,6-7,15,19,27H,5,8-9,25H2,1-2H3,(H2,26,33)/t15?,19-,23-/m1/s1. The Bertz CT molecular complexity index is 1350. The molecule has 10 nitrogen and oxygen atoms in total. The van der Waals surface area contributed by atoms with Crippen LogP contribution in [0.4, 0.5) is 15.9 Å². The predicted octanol–water partition coefficient (Wildman–Crippen LogP) is 1.37. The summed E-state index contributed by atoms with van der Waals surface area (Å²) in [5, 5.41) is 3.07. The first-order valence-corrected chi connectivity index (χ1v) is 11.0. The Morgan fingerprint density at radius 2 is 2.06 bits per heavy atom. The Morgan fingerprint density at radius 3 is 2.74 bits per heavy atom. The van der Waals surface area contributed by atoms with Crippen LogP contribution >= 0.6 is 0 Å². The second kappa shape index (κ2) is 7.07. The van der Waals surface area contributed by atoms with E-state index in [1.165, 1.54) is 12.1 Å². The predicted molar refractivity (Wildman–Crippen MR) is 122 cm³/mol. The Hall–Kier alpha value is -3.86. The number of nitrogens with zero attached hydrogens (tertiary/aromatic N) is 5. The van der Waals surface area contributed by atoms with E-state index >= 15 is 0 Å². The number of halogens is 1. The van der Waals surface area contributed by atoms with Crippen molar-refractivity contribution in [3.05, 3.63) is 47.4 Å². The molecule has 34 heavy (non-hydrogen) atoms. The first-order valence-electron chi connectivity index (χ1n) is 11.0. The van der Waals surface area contributed by atoms with Crippen molar-refractivity contribution >= 4 is 17.4 Å². The highest BCUT2D eigenvalue weighted by molar-refractivity contribution is 5.91. The third-order valence-electron chi connectivity index (χ3n) is 7.22. The van der Waals surface area contributed by atoms with Crippen molar-refractivity contribution in [2.45, 2.75) is 19.4 Å². The van der Waals surface area contributed by atoms with E-state index in [2.05, 4.69) is 20.3 Å². The first kappa shape index (κ1) is 20.7. The molecule has 1 aromatic carbocycles. The summed E-state index contributed by atoms with van der Waals surface area (Å²) in [6.45, 7) is 2.64. The number of ether oxygens (including phenoxy) is 1. The normalized spacial score (nSPS) is 23.8. The van der Waals surface area contributed by atoms with Crippen molar-refractivity contribution in [3.63, 3.8) is 0 Å². The monoisotopic (exact) mass is 462 g/mol. The molecule has 3 aromatic rings. The van der Waals surface area contributed by atoms with Gasteiger partial charge in [0, 0.05) is 49.8 Å². The van der Waals surface area contributed by atoms with Gasteiger partial charge in [-0.3, -0.25) is 4.79 Å². The zero-order valence-corrected chi connectivity index (χ0v) is 18.7. The van der Waals surface area contributed by atoms with Crippen LogP contribution in [-0.4, -0.2) is 52.0 Å². The number of amides is 1. The lowest BCUT2D eigenvalue weighted by molar-refractivity contribution is -0.122. The van der Waals surface area contributed by atoms with E-state index in [1.807, 2.05) is 4.90 Å². The van der Waals surface area contributed by atoms with E-state index in [0.29, 0.717) is 48.3 Å². The van der Waals surface area contributed by atoms with E-state index in [-0.39, 0.29) is 23.8 Å². The molecule has 1 aliphatic heterocycles. The minimum absolute atomic E-state index is 0.0493. The number of hydrogen-bond donors (Lipinski definition) is 3. The van der Waals surface area contributed by atoms with Crippen LogP contribution in [0.15, 0.2) is 24.5 Å². The molecule has 1 unspecified atom stereocenters. The molecule has 0 radical (unpaired) electrons. The summed E-state index contributed by atoms with van der Waals surface area (Å²) in [4.78, 5) is 31.9. The van der Waals surface area contributed by atoms with E-state index in [9.17, 15) is 9.18 Å². The van der Waals surface area contributed by atoms with Crippen LogP contribution in [0.5, 0.6) is 11.8 Å². The molecule has 0 spiro atoms. The first-order chi connectivity index (χ1) is 16.3. The zero-order chi connectivity index (χ0) is 23.8. The molecule has 3 atom stereocenters. The summed E-state index contributed by atoms with van der Waals surface area (Å²) in [5.41, 5.74) is 14.9. The molecule has 2 aliphatic carbocycles. The average Bonchev–Trinajstić information content (AvgIpc) is 3.13. The average molecular weight is 462 g/mol. The van der Waals surface area contributed by atoms with Gasteiger partial charge in [-0.2, -0.15) is 9.97 Å². The van der Waals surface area contributed by atoms with Gasteiger partial charge >= 0.3 is 6.01 Å². The number of carbonyl (C=O) groups is 1. The third kappa shape index (κ3) is 2.86. The molecule has 11 heteroatoms. The van der Waals surface area contributed by atoms with Crippen LogP contribution in [0, 0.1) is 24.1 Å². The number of anilines is 2. The van der Waals surface area contributed by atoms with Crippen LogP contribution < -0.4 is 26.4 Å². The van der Waals surface area contributed by atoms with Crippen molar-refractivity contribution in [3.8, 4) is 22.9 Å². The number of nitrogens with one attached hydrogen (secondary N) is 1. The lowest BCUT2D eigenvalue weighted by Crippen LogP contribution is -2.39. The topological polar surface area (TPSA) is 145 Å². The molecular formula is C23H23FN8O2. The van der Waals surface area contributed by atoms with Gasteiger partial charge in [0.05, 0.1) is 23.5 Å². The highest BCUT2D eigenvalue weighted by Gasteiger charge is 2.71. The highest BCUT2D eigenvalue weighted by atomic mass is 19.1. The molecule has 1 amide bonds. The molecule has 174 valence electrons. The summed E-state index contributed by atoms with van der Waals surface area (Å²) in [6, 6.07) is 2.82. The molecule has 3 aliphatic rings.